The van der Waals surface area contributed by atoms with Crippen molar-refractivity contribution in [2.45, 2.75) is 10.1 Å². The first-order valence-corrected chi connectivity index (χ1v) is 6.75. The molecule has 78 valence electrons. The Labute approximate surface area is 106 Å². The molecule has 6 heteroatoms. The van der Waals surface area contributed by atoms with Gasteiger partial charge in [-0.25, -0.2) is 0 Å². The Bertz CT molecular complexity index is 506. The Morgan fingerprint density at radius 1 is 1.53 bits per heavy atom. The van der Waals surface area contributed by atoms with Gasteiger partial charge in [-0.3, -0.25) is 5.10 Å². The van der Waals surface area contributed by atoms with E-state index in [1.807, 2.05) is 24.3 Å². The highest BCUT2D eigenvalue weighted by Crippen LogP contribution is 2.25. The van der Waals surface area contributed by atoms with Gasteiger partial charge in [0.15, 0.2) is 8.29 Å². The van der Waals surface area contributed by atoms with Gasteiger partial charge in [0.1, 0.15) is 0 Å². The number of H-pyrrole nitrogens is 1. The summed E-state index contributed by atoms with van der Waals surface area (Å²) in [6.45, 7) is 0. The fourth-order valence-electron chi connectivity index (χ4n) is 1.05. The second-order valence-electron chi connectivity index (χ2n) is 2.80. The zero-order valence-electron chi connectivity index (χ0n) is 7.57. The van der Waals surface area contributed by atoms with E-state index in [1.54, 1.807) is 11.8 Å². The van der Waals surface area contributed by atoms with E-state index in [-0.39, 0.29) is 0 Å². The van der Waals surface area contributed by atoms with Gasteiger partial charge < -0.3 is 0 Å². The van der Waals surface area contributed by atoms with Crippen molar-refractivity contribution in [3.63, 3.8) is 0 Å². The minimum atomic E-state index is 0.712. The van der Waals surface area contributed by atoms with Gasteiger partial charge in [-0.05, 0) is 29.9 Å². The Kier molecular flexibility index (Phi) is 3.80. The lowest BCUT2D eigenvalue weighted by molar-refractivity contribution is 1.00. The van der Waals surface area contributed by atoms with Crippen LogP contribution in [0.1, 0.15) is 5.56 Å². The molecule has 0 atom stereocenters. The first-order valence-electron chi connectivity index (χ1n) is 4.17. The predicted octanol–water partition coefficient (Wildman–Crippen LogP) is 4.15. The molecule has 0 aliphatic carbocycles. The smallest absolute Gasteiger partial charge is 0.177 e. The van der Waals surface area contributed by atoms with E-state index >= 15 is 0 Å². The summed E-state index contributed by atoms with van der Waals surface area (Å²) >= 11 is 14.0. The Hall–Kier alpha value is -0.360. The molecule has 15 heavy (non-hydrogen) atoms. The molecule has 0 bridgehead atoms. The maximum atomic E-state index is 5.89. The number of thioether (sulfide) groups is 1. The molecule has 1 N–H and O–H groups in total. The Balaban J connectivity index is 2.02. The van der Waals surface area contributed by atoms with Crippen molar-refractivity contribution in [3.05, 3.63) is 38.8 Å². The van der Waals surface area contributed by atoms with Crippen molar-refractivity contribution in [1.82, 2.24) is 10.2 Å². The summed E-state index contributed by atoms with van der Waals surface area (Å²) in [6.07, 6.45) is 0. The number of aromatic amines is 1. The van der Waals surface area contributed by atoms with Crippen molar-refractivity contribution >= 4 is 46.9 Å². The van der Waals surface area contributed by atoms with Crippen LogP contribution in [0.4, 0.5) is 0 Å². The number of nitrogens with one attached hydrogen (secondary N) is 1. The lowest BCUT2D eigenvalue weighted by atomic mass is 10.2. The zero-order chi connectivity index (χ0) is 10.7. The molecule has 0 spiro atoms. The molecule has 0 amide bonds. The lowest BCUT2D eigenvalue weighted by Gasteiger charge is -1.98. The number of benzene rings is 1. The Morgan fingerprint density at radius 3 is 3.07 bits per heavy atom. The molecular formula is C9H7ClN2S3. The Morgan fingerprint density at radius 2 is 2.40 bits per heavy atom. The van der Waals surface area contributed by atoms with Crippen LogP contribution in [0.2, 0.25) is 5.02 Å². The molecule has 0 aliphatic heterocycles. The third-order valence-electron chi connectivity index (χ3n) is 1.67. The van der Waals surface area contributed by atoms with Gasteiger partial charge in [-0.15, -0.1) is 0 Å². The summed E-state index contributed by atoms with van der Waals surface area (Å²) in [5.74, 6) is 0.858. The number of halogens is 1. The molecule has 1 aromatic heterocycles. The van der Waals surface area contributed by atoms with Gasteiger partial charge in [-0.1, -0.05) is 46.8 Å². The van der Waals surface area contributed by atoms with Crippen LogP contribution in [0.5, 0.6) is 0 Å². The predicted molar refractivity (Wildman–Crippen MR) is 68.3 cm³/mol. The highest BCUT2D eigenvalue weighted by Gasteiger charge is 2.00. The first-order chi connectivity index (χ1) is 7.24. The maximum Gasteiger partial charge on any atom is 0.177 e. The minimum Gasteiger partial charge on any atom is -0.257 e. The number of hydrogen-bond acceptors (Lipinski definition) is 4. The van der Waals surface area contributed by atoms with E-state index in [0.717, 1.165) is 15.1 Å². The number of nitrogens with zero attached hydrogens (tertiary/aromatic N) is 1. The molecule has 1 aromatic carbocycles. The molecule has 0 aliphatic rings. The average molecular weight is 275 g/mol. The molecular weight excluding hydrogens is 268 g/mol. The van der Waals surface area contributed by atoms with Crippen LogP contribution in [-0.4, -0.2) is 10.2 Å². The van der Waals surface area contributed by atoms with E-state index in [9.17, 15) is 0 Å². The van der Waals surface area contributed by atoms with E-state index in [2.05, 4.69) is 10.2 Å². The van der Waals surface area contributed by atoms with Gasteiger partial charge >= 0.3 is 0 Å². The molecule has 2 aromatic rings. The van der Waals surface area contributed by atoms with Crippen molar-refractivity contribution in [2.24, 2.45) is 0 Å². The van der Waals surface area contributed by atoms with Crippen LogP contribution in [0, 0.1) is 3.95 Å². The van der Waals surface area contributed by atoms with Crippen LogP contribution in [0.15, 0.2) is 28.6 Å². The maximum absolute atomic E-state index is 5.89. The molecule has 0 unspecified atom stereocenters. The normalized spacial score (nSPS) is 10.5. The van der Waals surface area contributed by atoms with Crippen LogP contribution in [0.3, 0.4) is 0 Å². The number of hydrogen-bond donors (Lipinski definition) is 1. The van der Waals surface area contributed by atoms with Crippen molar-refractivity contribution in [3.8, 4) is 0 Å². The van der Waals surface area contributed by atoms with Gasteiger partial charge in [-0.2, -0.15) is 5.10 Å². The van der Waals surface area contributed by atoms with Crippen molar-refractivity contribution in [2.75, 3.05) is 0 Å². The molecule has 2 rings (SSSR count). The summed E-state index contributed by atoms with van der Waals surface area (Å²) in [7, 11) is 0. The minimum absolute atomic E-state index is 0.712. The molecule has 1 heterocycles. The lowest BCUT2D eigenvalue weighted by Crippen LogP contribution is -1.79. The summed E-state index contributed by atoms with van der Waals surface area (Å²) in [5.41, 5.74) is 1.19. The van der Waals surface area contributed by atoms with Crippen molar-refractivity contribution in [1.29, 1.82) is 0 Å². The first kappa shape index (κ1) is 11.1. The van der Waals surface area contributed by atoms with Crippen molar-refractivity contribution < 1.29 is 0 Å². The molecule has 0 fully saturated rings. The third-order valence-corrected chi connectivity index (χ3v) is 4.21. The monoisotopic (exact) mass is 274 g/mol. The van der Waals surface area contributed by atoms with Gasteiger partial charge in [0.05, 0.1) is 0 Å². The topological polar surface area (TPSA) is 28.7 Å². The third kappa shape index (κ3) is 3.31. The standard InChI is InChI=1S/C9H7ClN2S3/c10-7-3-1-2-6(4-7)5-14-9-12-11-8(13)15-9/h1-4H,5H2,(H,11,13). The van der Waals surface area contributed by atoms with Gasteiger partial charge in [0.2, 0.25) is 0 Å². The van der Waals surface area contributed by atoms with Crippen LogP contribution < -0.4 is 0 Å². The fraction of sp³-hybridized carbons (Fsp3) is 0.111. The van der Waals surface area contributed by atoms with E-state index in [0.29, 0.717) is 3.95 Å². The summed E-state index contributed by atoms with van der Waals surface area (Å²) in [5, 5.41) is 7.59. The van der Waals surface area contributed by atoms with Gasteiger partial charge in [0.25, 0.3) is 0 Å². The molecule has 0 radical (unpaired) electrons. The summed E-state index contributed by atoms with van der Waals surface area (Å²) in [6, 6.07) is 7.82. The van der Waals surface area contributed by atoms with Crippen LogP contribution >= 0.6 is 46.9 Å². The quantitative estimate of drug-likeness (QED) is 0.673. The zero-order valence-corrected chi connectivity index (χ0v) is 10.8. The van der Waals surface area contributed by atoms with Crippen LogP contribution in [-0.2, 0) is 5.75 Å². The molecule has 0 saturated carbocycles. The van der Waals surface area contributed by atoms with E-state index in [4.69, 9.17) is 23.8 Å². The van der Waals surface area contributed by atoms with Crippen LogP contribution in [0.25, 0.3) is 0 Å². The largest absolute Gasteiger partial charge is 0.257 e. The SMILES string of the molecule is S=c1[nH]nc(SCc2cccc(Cl)c2)s1. The second kappa shape index (κ2) is 5.12. The highest BCUT2D eigenvalue weighted by molar-refractivity contribution is 8.00. The summed E-state index contributed by atoms with van der Waals surface area (Å²) in [4.78, 5) is 0. The molecule has 0 saturated heterocycles. The second-order valence-corrected chi connectivity index (χ2v) is 6.12. The van der Waals surface area contributed by atoms with E-state index in [1.165, 1.54) is 16.9 Å². The fourth-order valence-corrected chi connectivity index (χ4v) is 3.29. The summed E-state index contributed by atoms with van der Waals surface area (Å²) < 4.78 is 1.67. The molecule has 2 nitrogen and oxygen atoms in total. The number of rotatable bonds is 3. The highest BCUT2D eigenvalue weighted by atomic mass is 35.5. The average Bonchev–Trinajstić information content (AvgIpc) is 2.62. The number of aromatic nitrogens is 2. The van der Waals surface area contributed by atoms with E-state index < -0.39 is 0 Å². The van der Waals surface area contributed by atoms with Gasteiger partial charge in [0, 0.05) is 10.8 Å².